The molecule has 3 heteroatoms. The van der Waals surface area contributed by atoms with E-state index >= 15 is 0 Å². The lowest BCUT2D eigenvalue weighted by Crippen LogP contribution is -2.28. The molecule has 0 aliphatic heterocycles. The van der Waals surface area contributed by atoms with Crippen LogP contribution < -0.4 is 0 Å². The summed E-state index contributed by atoms with van der Waals surface area (Å²) >= 11 is 0. The summed E-state index contributed by atoms with van der Waals surface area (Å²) in [4.78, 5) is 12.9. The molecule has 0 aromatic heterocycles. The largest absolute Gasteiger partial charge is 0.453 e. The maximum atomic E-state index is 11.3. The number of ether oxygens (including phenoxy) is 1. The van der Waals surface area contributed by atoms with Gasteiger partial charge in [0.1, 0.15) is 0 Å². The fourth-order valence-electron chi connectivity index (χ4n) is 2.05. The highest BCUT2D eigenvalue weighted by molar-refractivity contribution is 5.85. The fourth-order valence-corrected chi connectivity index (χ4v) is 2.05. The van der Waals surface area contributed by atoms with Crippen molar-refractivity contribution in [3.05, 3.63) is 48.0 Å². The van der Waals surface area contributed by atoms with Gasteiger partial charge in [0.25, 0.3) is 0 Å². The van der Waals surface area contributed by atoms with Gasteiger partial charge in [-0.2, -0.15) is 0 Å². The molecule has 2 rings (SSSR count). The third-order valence-electron chi connectivity index (χ3n) is 3.08. The zero-order valence-corrected chi connectivity index (χ0v) is 10.7. The summed E-state index contributed by atoms with van der Waals surface area (Å²) in [6.45, 7) is 0.653. The van der Waals surface area contributed by atoms with E-state index in [9.17, 15) is 4.79 Å². The van der Waals surface area contributed by atoms with Gasteiger partial charge in [-0.05, 0) is 22.8 Å². The number of carbonyl (C=O) groups excluding carboxylic acids is 1. The summed E-state index contributed by atoms with van der Waals surface area (Å²) in [6.07, 6.45) is 0.530. The smallest absolute Gasteiger partial charge is 0.409 e. The van der Waals surface area contributed by atoms with E-state index in [2.05, 4.69) is 35.1 Å². The molecule has 0 saturated carbocycles. The molecule has 0 fully saturated rings. The summed E-state index contributed by atoms with van der Waals surface area (Å²) < 4.78 is 4.67. The lowest BCUT2D eigenvalue weighted by molar-refractivity contribution is 0.134. The molecule has 2 aromatic carbocycles. The number of likely N-dealkylation sites (N-methyl/N-ethyl adjacent to an activating group) is 1. The molecular formula is C15H17NO2. The van der Waals surface area contributed by atoms with Gasteiger partial charge in [-0.1, -0.05) is 42.5 Å². The zero-order chi connectivity index (χ0) is 13.0. The van der Waals surface area contributed by atoms with E-state index in [1.54, 1.807) is 11.9 Å². The molecule has 0 saturated heterocycles. The van der Waals surface area contributed by atoms with Crippen LogP contribution in [-0.2, 0) is 11.2 Å². The normalized spacial score (nSPS) is 10.3. The molecule has 0 atom stereocenters. The van der Waals surface area contributed by atoms with Gasteiger partial charge in [0.15, 0.2) is 0 Å². The van der Waals surface area contributed by atoms with Crippen molar-refractivity contribution < 1.29 is 9.53 Å². The van der Waals surface area contributed by atoms with Crippen LogP contribution in [0.1, 0.15) is 5.56 Å². The van der Waals surface area contributed by atoms with Crippen LogP contribution in [0, 0.1) is 0 Å². The van der Waals surface area contributed by atoms with Crippen LogP contribution in [0.25, 0.3) is 10.8 Å². The van der Waals surface area contributed by atoms with Crippen molar-refractivity contribution in [2.24, 2.45) is 0 Å². The SMILES string of the molecule is COC(=O)N(C)CCc1cccc2ccccc12. The molecule has 18 heavy (non-hydrogen) atoms. The summed E-state index contributed by atoms with van der Waals surface area (Å²) in [5.41, 5.74) is 1.25. The Morgan fingerprint density at radius 1 is 1.17 bits per heavy atom. The van der Waals surface area contributed by atoms with Crippen molar-refractivity contribution in [2.45, 2.75) is 6.42 Å². The number of rotatable bonds is 3. The minimum Gasteiger partial charge on any atom is -0.453 e. The molecule has 2 aromatic rings. The van der Waals surface area contributed by atoms with Crippen molar-refractivity contribution in [2.75, 3.05) is 20.7 Å². The van der Waals surface area contributed by atoms with Crippen LogP contribution in [0.2, 0.25) is 0 Å². The predicted molar refractivity (Wildman–Crippen MR) is 72.7 cm³/mol. The zero-order valence-electron chi connectivity index (χ0n) is 10.7. The average molecular weight is 243 g/mol. The maximum Gasteiger partial charge on any atom is 0.409 e. The van der Waals surface area contributed by atoms with Crippen LogP contribution in [-0.4, -0.2) is 31.7 Å². The third kappa shape index (κ3) is 2.62. The first-order valence-electron chi connectivity index (χ1n) is 5.98. The van der Waals surface area contributed by atoms with E-state index in [0.29, 0.717) is 6.54 Å². The number of hydrogen-bond acceptors (Lipinski definition) is 2. The molecule has 0 unspecified atom stereocenters. The second kappa shape index (κ2) is 5.54. The molecular weight excluding hydrogens is 226 g/mol. The minimum atomic E-state index is -0.296. The standard InChI is InChI=1S/C15H17NO2/c1-16(15(17)18-2)11-10-13-8-5-7-12-6-3-4-9-14(12)13/h3-9H,10-11H2,1-2H3. The molecule has 0 heterocycles. The monoisotopic (exact) mass is 243 g/mol. The lowest BCUT2D eigenvalue weighted by Gasteiger charge is -2.15. The van der Waals surface area contributed by atoms with Crippen molar-refractivity contribution >= 4 is 16.9 Å². The molecule has 0 spiro atoms. The summed E-state index contributed by atoms with van der Waals surface area (Å²) in [5.74, 6) is 0. The van der Waals surface area contributed by atoms with Gasteiger partial charge in [-0.15, -0.1) is 0 Å². The molecule has 3 nitrogen and oxygen atoms in total. The quantitative estimate of drug-likeness (QED) is 0.829. The number of hydrogen-bond donors (Lipinski definition) is 0. The van der Waals surface area contributed by atoms with Crippen molar-refractivity contribution in [1.82, 2.24) is 4.90 Å². The second-order valence-corrected chi connectivity index (χ2v) is 4.28. The summed E-state index contributed by atoms with van der Waals surface area (Å²) in [7, 11) is 3.15. The Labute approximate surface area is 107 Å². The van der Waals surface area contributed by atoms with Crippen molar-refractivity contribution in [1.29, 1.82) is 0 Å². The Morgan fingerprint density at radius 3 is 2.67 bits per heavy atom. The van der Waals surface area contributed by atoms with Crippen LogP contribution >= 0.6 is 0 Å². The minimum absolute atomic E-state index is 0.296. The maximum absolute atomic E-state index is 11.3. The molecule has 0 bridgehead atoms. The number of methoxy groups -OCH3 is 1. The highest BCUT2D eigenvalue weighted by Crippen LogP contribution is 2.18. The third-order valence-corrected chi connectivity index (χ3v) is 3.08. The first kappa shape index (κ1) is 12.4. The number of fused-ring (bicyclic) bond motifs is 1. The van der Waals surface area contributed by atoms with Crippen LogP contribution in [0.4, 0.5) is 4.79 Å². The van der Waals surface area contributed by atoms with E-state index < -0.39 is 0 Å². The molecule has 1 amide bonds. The van der Waals surface area contributed by atoms with Gasteiger partial charge in [0, 0.05) is 13.6 Å². The number of amides is 1. The Balaban J connectivity index is 2.15. The van der Waals surface area contributed by atoms with E-state index in [-0.39, 0.29) is 6.09 Å². The van der Waals surface area contributed by atoms with E-state index in [1.807, 2.05) is 12.1 Å². The van der Waals surface area contributed by atoms with Crippen LogP contribution in [0.15, 0.2) is 42.5 Å². The van der Waals surface area contributed by atoms with E-state index in [1.165, 1.54) is 23.4 Å². The van der Waals surface area contributed by atoms with Crippen molar-refractivity contribution in [3.8, 4) is 0 Å². The Morgan fingerprint density at radius 2 is 1.89 bits per heavy atom. The predicted octanol–water partition coefficient (Wildman–Crippen LogP) is 3.08. The van der Waals surface area contributed by atoms with Crippen molar-refractivity contribution in [3.63, 3.8) is 0 Å². The first-order chi connectivity index (χ1) is 8.72. The first-order valence-corrected chi connectivity index (χ1v) is 5.98. The fraction of sp³-hybridized carbons (Fsp3) is 0.267. The van der Waals surface area contributed by atoms with Gasteiger partial charge in [0.05, 0.1) is 7.11 Å². The van der Waals surface area contributed by atoms with Gasteiger partial charge in [0.2, 0.25) is 0 Å². The number of carbonyl (C=O) groups is 1. The van der Waals surface area contributed by atoms with E-state index in [0.717, 1.165) is 6.42 Å². The average Bonchev–Trinajstić information content (AvgIpc) is 2.43. The number of benzene rings is 2. The van der Waals surface area contributed by atoms with Gasteiger partial charge in [-0.3, -0.25) is 0 Å². The molecule has 0 aliphatic carbocycles. The Bertz CT molecular complexity index is 546. The summed E-state index contributed by atoms with van der Waals surface area (Å²) in [5, 5.41) is 2.48. The molecule has 0 radical (unpaired) electrons. The molecule has 94 valence electrons. The van der Waals surface area contributed by atoms with Crippen LogP contribution in [0.5, 0.6) is 0 Å². The van der Waals surface area contributed by atoms with E-state index in [4.69, 9.17) is 0 Å². The Hall–Kier alpha value is -2.03. The summed E-state index contributed by atoms with van der Waals surface area (Å²) in [6, 6.07) is 14.5. The topological polar surface area (TPSA) is 29.5 Å². The molecule has 0 aliphatic rings. The highest BCUT2D eigenvalue weighted by Gasteiger charge is 2.08. The second-order valence-electron chi connectivity index (χ2n) is 4.28. The number of nitrogens with zero attached hydrogens (tertiary/aromatic N) is 1. The van der Waals surface area contributed by atoms with Crippen LogP contribution in [0.3, 0.4) is 0 Å². The Kier molecular flexibility index (Phi) is 3.82. The highest BCUT2D eigenvalue weighted by atomic mass is 16.5. The van der Waals surface area contributed by atoms with Gasteiger partial charge >= 0.3 is 6.09 Å². The van der Waals surface area contributed by atoms with Gasteiger partial charge in [-0.25, -0.2) is 4.79 Å². The molecule has 0 N–H and O–H groups in total. The van der Waals surface area contributed by atoms with Gasteiger partial charge < -0.3 is 9.64 Å². The lowest BCUT2D eigenvalue weighted by atomic mass is 10.0.